The molecule has 2 rings (SSSR count). The first kappa shape index (κ1) is 27.5. The highest BCUT2D eigenvalue weighted by Crippen LogP contribution is 2.36. The molecule has 0 radical (unpaired) electrons. The Labute approximate surface area is 190 Å². The number of Topliss-reactive ketones (excluding diaryl/α,β-unsaturated/α-hetero) is 2. The van der Waals surface area contributed by atoms with Crippen LogP contribution in [-0.4, -0.2) is 30.6 Å². The van der Waals surface area contributed by atoms with Gasteiger partial charge in [-0.2, -0.15) is 0 Å². The average molecular weight is 433 g/mol. The summed E-state index contributed by atoms with van der Waals surface area (Å²) in [4.78, 5) is 25.0. The average Bonchev–Trinajstić information content (AvgIpc) is 2.74. The zero-order valence-electron chi connectivity index (χ0n) is 20.8. The molecule has 31 heavy (non-hydrogen) atoms. The highest BCUT2D eigenvalue weighted by atomic mass is 16.7. The fraction of sp³-hybridized carbons (Fsp3) is 0.704. The van der Waals surface area contributed by atoms with Crippen molar-refractivity contribution in [1.29, 1.82) is 0 Å². The quantitative estimate of drug-likeness (QED) is 0.406. The van der Waals surface area contributed by atoms with E-state index in [9.17, 15) is 9.59 Å². The third-order valence-corrected chi connectivity index (χ3v) is 6.14. The van der Waals surface area contributed by atoms with Crippen molar-refractivity contribution in [2.45, 2.75) is 99.4 Å². The lowest BCUT2D eigenvalue weighted by Gasteiger charge is -2.40. The molecule has 0 bridgehead atoms. The van der Waals surface area contributed by atoms with E-state index in [-0.39, 0.29) is 29.9 Å². The summed E-state index contributed by atoms with van der Waals surface area (Å²) in [6.45, 7) is 14.4. The Bertz CT molecular complexity index is 652. The lowest BCUT2D eigenvalue weighted by molar-refractivity contribution is -0.226. The smallest absolute Gasteiger partial charge is 0.155 e. The van der Waals surface area contributed by atoms with Gasteiger partial charge in [0.1, 0.15) is 11.6 Å². The monoisotopic (exact) mass is 432 g/mol. The molecule has 1 saturated heterocycles. The zero-order valence-corrected chi connectivity index (χ0v) is 20.8. The number of ketones is 2. The summed E-state index contributed by atoms with van der Waals surface area (Å²) in [5, 5.41) is 0. The van der Waals surface area contributed by atoms with Crippen LogP contribution in [0.2, 0.25) is 0 Å². The van der Waals surface area contributed by atoms with Gasteiger partial charge in [-0.05, 0) is 51.0 Å². The zero-order chi connectivity index (χ0) is 23.4. The Balaban J connectivity index is 0.00000233. The fourth-order valence-electron chi connectivity index (χ4n) is 4.38. The summed E-state index contributed by atoms with van der Waals surface area (Å²) in [6.07, 6.45) is 4.45. The first-order valence-corrected chi connectivity index (χ1v) is 12.0. The highest BCUT2D eigenvalue weighted by molar-refractivity contribution is 5.87. The van der Waals surface area contributed by atoms with E-state index in [2.05, 4.69) is 19.1 Å². The summed E-state index contributed by atoms with van der Waals surface area (Å²) in [6, 6.07) is 10.3. The molecule has 0 aliphatic carbocycles. The molecule has 0 saturated carbocycles. The van der Waals surface area contributed by atoms with Gasteiger partial charge in [0, 0.05) is 12.3 Å². The van der Waals surface area contributed by atoms with Gasteiger partial charge in [-0.25, -0.2) is 0 Å². The van der Waals surface area contributed by atoms with Crippen LogP contribution in [0.4, 0.5) is 0 Å². The molecule has 1 aliphatic rings. The van der Waals surface area contributed by atoms with Crippen molar-refractivity contribution in [3.05, 3.63) is 35.9 Å². The Morgan fingerprint density at radius 1 is 1.16 bits per heavy atom. The van der Waals surface area contributed by atoms with Crippen LogP contribution in [0.25, 0.3) is 0 Å². The third-order valence-electron chi connectivity index (χ3n) is 6.14. The molecule has 1 aromatic rings. The van der Waals surface area contributed by atoms with E-state index in [4.69, 9.17) is 9.47 Å². The minimum Gasteiger partial charge on any atom is -0.353 e. The maximum Gasteiger partial charge on any atom is 0.155 e. The van der Waals surface area contributed by atoms with Gasteiger partial charge < -0.3 is 14.3 Å². The van der Waals surface area contributed by atoms with Crippen LogP contribution in [0.5, 0.6) is 0 Å². The summed E-state index contributed by atoms with van der Waals surface area (Å²) in [5.41, 5.74) is 0.634. The van der Waals surface area contributed by atoms with Crippen molar-refractivity contribution in [3.63, 3.8) is 0 Å². The summed E-state index contributed by atoms with van der Waals surface area (Å²) in [7, 11) is 0. The Kier molecular flexibility index (Phi) is 12.2. The van der Waals surface area contributed by atoms with E-state index < -0.39 is 5.41 Å². The number of benzene rings is 1. The van der Waals surface area contributed by atoms with Crippen molar-refractivity contribution in [1.82, 2.24) is 0 Å². The van der Waals surface area contributed by atoms with Gasteiger partial charge in [-0.3, -0.25) is 4.79 Å². The van der Waals surface area contributed by atoms with Gasteiger partial charge in [0.05, 0.1) is 18.1 Å². The van der Waals surface area contributed by atoms with Gasteiger partial charge in [0.2, 0.25) is 0 Å². The number of hydrogen-bond donors (Lipinski definition) is 0. The molecule has 1 aromatic carbocycles. The standard InChI is InChI=1S/C25H38O4.C2H6/c1-18(10-9-11-19(2)26)16-22(17-21-12-7-6-8-13-21)24(27)25(4,5)23-14-15-28-20(3)29-23;1-2/h6-8,12-13,18,20,22-23H,9-11,14-17H2,1-5H3;1-2H3. The largest absolute Gasteiger partial charge is 0.353 e. The number of rotatable bonds is 11. The maximum atomic E-state index is 13.7. The van der Waals surface area contributed by atoms with Crippen LogP contribution in [0.1, 0.15) is 86.1 Å². The van der Waals surface area contributed by atoms with Gasteiger partial charge >= 0.3 is 0 Å². The second-order valence-corrected chi connectivity index (χ2v) is 9.26. The Morgan fingerprint density at radius 2 is 1.81 bits per heavy atom. The van der Waals surface area contributed by atoms with Crippen LogP contribution in [-0.2, 0) is 25.5 Å². The fourth-order valence-corrected chi connectivity index (χ4v) is 4.38. The van der Waals surface area contributed by atoms with E-state index in [1.54, 1.807) is 6.92 Å². The molecular formula is C27H44O4. The number of ether oxygens (including phenoxy) is 2. The van der Waals surface area contributed by atoms with Crippen LogP contribution >= 0.6 is 0 Å². The molecule has 4 unspecified atom stereocenters. The van der Waals surface area contributed by atoms with Gasteiger partial charge in [-0.15, -0.1) is 0 Å². The van der Waals surface area contributed by atoms with E-state index in [0.29, 0.717) is 18.9 Å². The third kappa shape index (κ3) is 9.24. The van der Waals surface area contributed by atoms with Crippen molar-refractivity contribution >= 4 is 11.6 Å². The molecule has 4 heteroatoms. The first-order chi connectivity index (χ1) is 14.7. The highest BCUT2D eigenvalue weighted by Gasteiger charge is 2.43. The summed E-state index contributed by atoms with van der Waals surface area (Å²) in [5.74, 6) is 0.860. The number of hydrogen-bond acceptors (Lipinski definition) is 4. The van der Waals surface area contributed by atoms with Crippen LogP contribution in [0, 0.1) is 17.3 Å². The van der Waals surface area contributed by atoms with Crippen molar-refractivity contribution in [2.24, 2.45) is 17.3 Å². The molecule has 0 aromatic heterocycles. The minimum absolute atomic E-state index is 0.0542. The second kappa shape index (κ2) is 13.8. The molecule has 1 aliphatic heterocycles. The predicted molar refractivity (Wildman–Crippen MR) is 127 cm³/mol. The lowest BCUT2D eigenvalue weighted by Crippen LogP contribution is -2.47. The molecular weight excluding hydrogens is 388 g/mol. The molecule has 1 fully saturated rings. The Morgan fingerprint density at radius 3 is 2.39 bits per heavy atom. The molecule has 0 N–H and O–H groups in total. The molecule has 4 atom stereocenters. The summed E-state index contributed by atoms with van der Waals surface area (Å²) >= 11 is 0. The normalized spacial score (nSPS) is 20.9. The van der Waals surface area contributed by atoms with Gasteiger partial charge in [0.25, 0.3) is 0 Å². The summed E-state index contributed by atoms with van der Waals surface area (Å²) < 4.78 is 11.5. The number of carbonyl (C=O) groups excluding carboxylic acids is 2. The molecule has 176 valence electrons. The SMILES string of the molecule is CC.CC(=O)CCCC(C)CC(Cc1ccccc1)C(=O)C(C)(C)C1CCOC(C)O1. The topological polar surface area (TPSA) is 52.6 Å². The van der Waals surface area contributed by atoms with Gasteiger partial charge in [0.15, 0.2) is 6.29 Å². The van der Waals surface area contributed by atoms with Crippen LogP contribution in [0.15, 0.2) is 30.3 Å². The first-order valence-electron chi connectivity index (χ1n) is 12.0. The van der Waals surface area contributed by atoms with Crippen molar-refractivity contribution < 1.29 is 19.1 Å². The van der Waals surface area contributed by atoms with E-state index in [1.807, 2.05) is 52.8 Å². The van der Waals surface area contributed by atoms with Gasteiger partial charge in [-0.1, -0.05) is 71.4 Å². The second-order valence-electron chi connectivity index (χ2n) is 9.26. The van der Waals surface area contributed by atoms with Crippen molar-refractivity contribution in [2.75, 3.05) is 6.61 Å². The molecule has 4 nitrogen and oxygen atoms in total. The van der Waals surface area contributed by atoms with E-state index in [1.165, 1.54) is 5.56 Å². The van der Waals surface area contributed by atoms with Crippen LogP contribution in [0.3, 0.4) is 0 Å². The molecule has 0 spiro atoms. The predicted octanol–water partition coefficient (Wildman–Crippen LogP) is 6.40. The minimum atomic E-state index is -0.559. The van der Waals surface area contributed by atoms with Crippen molar-refractivity contribution in [3.8, 4) is 0 Å². The lowest BCUT2D eigenvalue weighted by atomic mass is 9.71. The van der Waals surface area contributed by atoms with E-state index >= 15 is 0 Å². The maximum absolute atomic E-state index is 13.7. The Hall–Kier alpha value is -1.52. The van der Waals surface area contributed by atoms with E-state index in [0.717, 1.165) is 32.1 Å². The number of carbonyl (C=O) groups is 2. The van der Waals surface area contributed by atoms with Crippen LogP contribution < -0.4 is 0 Å². The molecule has 0 amide bonds. The molecule has 1 heterocycles.